The van der Waals surface area contributed by atoms with E-state index in [1.54, 1.807) is 0 Å². The minimum absolute atomic E-state index is 0.531. The van der Waals surface area contributed by atoms with Crippen LogP contribution in [0.2, 0.25) is 0 Å². The van der Waals surface area contributed by atoms with Crippen LogP contribution in [-0.2, 0) is 9.68 Å². The fraction of sp³-hybridized carbons (Fsp3) is 0.800. The Morgan fingerprint density at radius 3 is 2.50 bits per heavy atom. The van der Waals surface area contributed by atoms with Crippen molar-refractivity contribution in [2.24, 2.45) is 5.92 Å². The van der Waals surface area contributed by atoms with Gasteiger partial charge in [-0.15, -0.1) is 0 Å². The second-order valence-corrected chi connectivity index (χ2v) is 1.95. The predicted octanol–water partition coefficient (Wildman–Crippen LogP) is -1.01. The van der Waals surface area contributed by atoms with E-state index in [4.69, 9.17) is 15.5 Å². The summed E-state index contributed by atoms with van der Waals surface area (Å²) in [6.45, 7) is 0.801. The standard InChI is InChI=1S/C5H10O5/c1-3(4(7)2-6)5(8)10-9/h3-4,6-7,9H,2H2,1H3. The lowest BCUT2D eigenvalue weighted by molar-refractivity contribution is -0.241. The number of hydrogen-bond donors (Lipinski definition) is 3. The van der Waals surface area contributed by atoms with E-state index in [2.05, 4.69) is 4.89 Å². The summed E-state index contributed by atoms with van der Waals surface area (Å²) < 4.78 is 0. The molecule has 0 aromatic heterocycles. The molecule has 0 saturated carbocycles. The lowest BCUT2D eigenvalue weighted by Gasteiger charge is -2.11. The lowest BCUT2D eigenvalue weighted by Crippen LogP contribution is -2.29. The van der Waals surface area contributed by atoms with Crippen molar-refractivity contribution >= 4 is 5.97 Å². The molecule has 0 bridgehead atoms. The van der Waals surface area contributed by atoms with Gasteiger partial charge in [0, 0.05) is 0 Å². The first-order valence-electron chi connectivity index (χ1n) is 2.77. The minimum atomic E-state index is -1.18. The quantitative estimate of drug-likeness (QED) is 0.354. The van der Waals surface area contributed by atoms with E-state index in [-0.39, 0.29) is 0 Å². The highest BCUT2D eigenvalue weighted by atomic mass is 17.1. The number of hydrogen-bond acceptors (Lipinski definition) is 5. The topological polar surface area (TPSA) is 87.0 Å². The molecule has 0 aliphatic heterocycles. The smallest absolute Gasteiger partial charge is 0.347 e. The van der Waals surface area contributed by atoms with Crippen LogP contribution in [0, 0.1) is 5.92 Å². The van der Waals surface area contributed by atoms with Gasteiger partial charge in [0.2, 0.25) is 0 Å². The first kappa shape index (κ1) is 9.35. The maximum absolute atomic E-state index is 10.4. The normalized spacial score (nSPS) is 16.0. The molecule has 0 aromatic carbocycles. The Labute approximate surface area is 57.8 Å². The van der Waals surface area contributed by atoms with Gasteiger partial charge in [0.25, 0.3) is 0 Å². The Kier molecular flexibility index (Phi) is 3.94. The first-order chi connectivity index (χ1) is 4.63. The van der Waals surface area contributed by atoms with Crippen molar-refractivity contribution in [3.8, 4) is 0 Å². The minimum Gasteiger partial charge on any atom is -0.394 e. The zero-order chi connectivity index (χ0) is 8.15. The second kappa shape index (κ2) is 4.21. The molecule has 60 valence electrons. The number of carbonyl (C=O) groups excluding carboxylic acids is 1. The molecule has 5 nitrogen and oxygen atoms in total. The van der Waals surface area contributed by atoms with Crippen molar-refractivity contribution in [3.63, 3.8) is 0 Å². The molecule has 10 heavy (non-hydrogen) atoms. The zero-order valence-electron chi connectivity index (χ0n) is 5.52. The molecule has 0 rings (SSSR count). The summed E-state index contributed by atoms with van der Waals surface area (Å²) in [5, 5.41) is 24.9. The van der Waals surface area contributed by atoms with Gasteiger partial charge in [0.15, 0.2) is 0 Å². The van der Waals surface area contributed by atoms with E-state index in [1.165, 1.54) is 6.92 Å². The van der Waals surface area contributed by atoms with Crippen molar-refractivity contribution in [1.82, 2.24) is 0 Å². The van der Waals surface area contributed by atoms with Gasteiger partial charge < -0.3 is 15.1 Å². The third-order valence-corrected chi connectivity index (χ3v) is 1.23. The number of carbonyl (C=O) groups is 1. The van der Waals surface area contributed by atoms with Crippen LogP contribution < -0.4 is 0 Å². The molecule has 5 heteroatoms. The summed E-state index contributed by atoms with van der Waals surface area (Å²) in [7, 11) is 0. The third-order valence-electron chi connectivity index (χ3n) is 1.23. The van der Waals surface area contributed by atoms with Crippen molar-refractivity contribution in [2.75, 3.05) is 6.61 Å². The van der Waals surface area contributed by atoms with E-state index in [0.717, 1.165) is 0 Å². The van der Waals surface area contributed by atoms with Crippen LogP contribution in [0.4, 0.5) is 0 Å². The maximum Gasteiger partial charge on any atom is 0.347 e. The van der Waals surface area contributed by atoms with Crippen LogP contribution in [0.1, 0.15) is 6.92 Å². The Bertz CT molecular complexity index is 113. The van der Waals surface area contributed by atoms with Crippen LogP contribution in [0.15, 0.2) is 0 Å². The van der Waals surface area contributed by atoms with Crippen molar-refractivity contribution in [2.45, 2.75) is 13.0 Å². The number of aliphatic hydroxyl groups excluding tert-OH is 2. The maximum atomic E-state index is 10.4. The number of aliphatic hydroxyl groups is 2. The summed E-state index contributed by atoms with van der Waals surface area (Å²) in [5.41, 5.74) is 0. The summed E-state index contributed by atoms with van der Waals surface area (Å²) in [4.78, 5) is 13.7. The zero-order valence-corrected chi connectivity index (χ0v) is 5.52. The summed E-state index contributed by atoms with van der Waals surface area (Å²) in [5.74, 6) is -1.86. The molecular weight excluding hydrogens is 140 g/mol. The predicted molar refractivity (Wildman–Crippen MR) is 31.0 cm³/mol. The second-order valence-electron chi connectivity index (χ2n) is 1.95. The van der Waals surface area contributed by atoms with Crippen LogP contribution in [0.25, 0.3) is 0 Å². The Morgan fingerprint density at radius 2 is 2.20 bits per heavy atom. The first-order valence-corrected chi connectivity index (χ1v) is 2.77. The summed E-state index contributed by atoms with van der Waals surface area (Å²) >= 11 is 0. The molecule has 0 radical (unpaired) electrons. The highest BCUT2D eigenvalue weighted by molar-refractivity contribution is 5.71. The monoisotopic (exact) mass is 150 g/mol. The van der Waals surface area contributed by atoms with Crippen molar-refractivity contribution in [1.29, 1.82) is 0 Å². The average molecular weight is 150 g/mol. The van der Waals surface area contributed by atoms with E-state index in [1.807, 2.05) is 0 Å². The van der Waals surface area contributed by atoms with Crippen molar-refractivity contribution < 1.29 is 25.2 Å². The molecule has 0 heterocycles. The van der Waals surface area contributed by atoms with Gasteiger partial charge in [0.1, 0.15) is 0 Å². The highest BCUT2D eigenvalue weighted by Gasteiger charge is 2.22. The van der Waals surface area contributed by atoms with Crippen LogP contribution in [0.5, 0.6) is 0 Å². The molecule has 2 atom stereocenters. The van der Waals surface area contributed by atoms with Gasteiger partial charge in [0.05, 0.1) is 18.6 Å². The fourth-order valence-electron chi connectivity index (χ4n) is 0.398. The van der Waals surface area contributed by atoms with E-state index >= 15 is 0 Å². The van der Waals surface area contributed by atoms with Crippen LogP contribution in [0.3, 0.4) is 0 Å². The molecule has 0 aromatic rings. The SMILES string of the molecule is CC(C(=O)OO)C(O)CO. The van der Waals surface area contributed by atoms with E-state index < -0.39 is 24.6 Å². The van der Waals surface area contributed by atoms with Gasteiger partial charge >= 0.3 is 5.97 Å². The lowest BCUT2D eigenvalue weighted by atomic mass is 10.1. The molecule has 3 N–H and O–H groups in total. The van der Waals surface area contributed by atoms with Gasteiger partial charge in [-0.25, -0.2) is 4.79 Å². The molecule has 2 unspecified atom stereocenters. The third kappa shape index (κ3) is 2.30. The molecule has 0 spiro atoms. The van der Waals surface area contributed by atoms with Crippen LogP contribution >= 0.6 is 0 Å². The molecular formula is C5H10O5. The van der Waals surface area contributed by atoms with Gasteiger partial charge in [-0.1, -0.05) is 0 Å². The molecule has 0 saturated heterocycles. The fourth-order valence-corrected chi connectivity index (χ4v) is 0.398. The van der Waals surface area contributed by atoms with E-state index in [9.17, 15) is 4.79 Å². The van der Waals surface area contributed by atoms with Gasteiger partial charge in [-0.3, -0.25) is 0 Å². The molecule has 0 aliphatic rings. The van der Waals surface area contributed by atoms with Gasteiger partial charge in [-0.05, 0) is 6.92 Å². The Morgan fingerprint density at radius 1 is 1.70 bits per heavy atom. The molecule has 0 amide bonds. The average Bonchev–Trinajstić information content (AvgIpc) is 2.00. The van der Waals surface area contributed by atoms with E-state index in [0.29, 0.717) is 0 Å². The Balaban J connectivity index is 3.81. The number of rotatable bonds is 3. The molecule has 0 fully saturated rings. The van der Waals surface area contributed by atoms with Crippen LogP contribution in [-0.4, -0.2) is 34.2 Å². The summed E-state index contributed by atoms with van der Waals surface area (Å²) in [6, 6.07) is 0. The molecule has 0 aliphatic carbocycles. The highest BCUT2D eigenvalue weighted by Crippen LogP contribution is 2.03. The van der Waals surface area contributed by atoms with Gasteiger partial charge in [-0.2, -0.15) is 5.26 Å². The summed E-state index contributed by atoms with van der Waals surface area (Å²) in [6.07, 6.45) is -1.18. The largest absolute Gasteiger partial charge is 0.394 e. The Hall–Kier alpha value is -0.650. The van der Waals surface area contributed by atoms with Crippen molar-refractivity contribution in [3.05, 3.63) is 0 Å².